The van der Waals surface area contributed by atoms with Gasteiger partial charge in [0.2, 0.25) is 5.91 Å². The fraction of sp³-hybridized carbons (Fsp3) is 0.348. The van der Waals surface area contributed by atoms with Gasteiger partial charge in [-0.2, -0.15) is 0 Å². The highest BCUT2D eigenvalue weighted by Gasteiger charge is 2.16. The van der Waals surface area contributed by atoms with Crippen molar-refractivity contribution < 1.29 is 23.4 Å². The molecule has 3 aromatic rings. The van der Waals surface area contributed by atoms with Gasteiger partial charge in [-0.25, -0.2) is 0 Å². The molecule has 154 valence electrons. The van der Waals surface area contributed by atoms with Crippen molar-refractivity contribution in [3.63, 3.8) is 0 Å². The summed E-state index contributed by atoms with van der Waals surface area (Å²) in [5, 5.41) is 3.95. The number of ether oxygens (including phenoxy) is 3. The van der Waals surface area contributed by atoms with E-state index in [1.165, 1.54) is 0 Å². The largest absolute Gasteiger partial charge is 0.497 e. The molecule has 1 aromatic heterocycles. The van der Waals surface area contributed by atoms with Crippen molar-refractivity contribution in [2.45, 2.75) is 33.2 Å². The number of hydrogen-bond acceptors (Lipinski definition) is 5. The number of hydrogen-bond donors (Lipinski definition) is 1. The Bertz CT molecular complexity index is 979. The molecule has 6 nitrogen and oxygen atoms in total. The predicted octanol–water partition coefficient (Wildman–Crippen LogP) is 4.66. The van der Waals surface area contributed by atoms with Crippen LogP contribution in [0.3, 0.4) is 0 Å². The van der Waals surface area contributed by atoms with Gasteiger partial charge < -0.3 is 23.9 Å². The molecule has 29 heavy (non-hydrogen) atoms. The first kappa shape index (κ1) is 20.6. The average Bonchev–Trinajstić information content (AvgIpc) is 3.11. The monoisotopic (exact) mass is 397 g/mol. The zero-order chi connectivity index (χ0) is 20.8. The standard InChI is InChI=1S/C23H27NO5/c1-5-27-20-10-7-16(11-22(20)28-6-2)15(3)24-23(25)12-17-14-29-21-13-18(26-4)8-9-19(17)21/h7-11,13-15H,5-6,12H2,1-4H3,(H,24,25). The molecule has 0 aliphatic rings. The first-order valence-electron chi connectivity index (χ1n) is 9.78. The van der Waals surface area contributed by atoms with Gasteiger partial charge in [0.1, 0.15) is 11.3 Å². The van der Waals surface area contributed by atoms with Crippen molar-refractivity contribution in [3.8, 4) is 17.2 Å². The quantitative estimate of drug-likeness (QED) is 0.569. The van der Waals surface area contributed by atoms with E-state index in [0.717, 1.165) is 22.3 Å². The summed E-state index contributed by atoms with van der Waals surface area (Å²) < 4.78 is 22.1. The summed E-state index contributed by atoms with van der Waals surface area (Å²) in [6, 6.07) is 11.1. The van der Waals surface area contributed by atoms with Gasteiger partial charge in [-0.05, 0) is 50.6 Å². The van der Waals surface area contributed by atoms with E-state index in [-0.39, 0.29) is 18.4 Å². The Kier molecular flexibility index (Phi) is 6.65. The highest BCUT2D eigenvalue weighted by Crippen LogP contribution is 2.31. The topological polar surface area (TPSA) is 69.9 Å². The lowest BCUT2D eigenvalue weighted by atomic mass is 10.1. The highest BCUT2D eigenvalue weighted by molar-refractivity contribution is 5.88. The zero-order valence-corrected chi connectivity index (χ0v) is 17.3. The predicted molar refractivity (Wildman–Crippen MR) is 112 cm³/mol. The fourth-order valence-electron chi connectivity index (χ4n) is 3.21. The van der Waals surface area contributed by atoms with Crippen LogP contribution in [0, 0.1) is 0 Å². The van der Waals surface area contributed by atoms with E-state index < -0.39 is 0 Å². The first-order valence-corrected chi connectivity index (χ1v) is 9.78. The molecule has 0 bridgehead atoms. The van der Waals surface area contributed by atoms with Gasteiger partial charge in [-0.3, -0.25) is 4.79 Å². The minimum atomic E-state index is -0.171. The van der Waals surface area contributed by atoms with E-state index in [0.29, 0.717) is 30.3 Å². The lowest BCUT2D eigenvalue weighted by Gasteiger charge is -2.17. The minimum absolute atomic E-state index is 0.0807. The van der Waals surface area contributed by atoms with Crippen LogP contribution in [0.15, 0.2) is 47.1 Å². The maximum Gasteiger partial charge on any atom is 0.225 e. The second kappa shape index (κ2) is 9.37. The summed E-state index contributed by atoms with van der Waals surface area (Å²) in [6.07, 6.45) is 1.86. The maximum atomic E-state index is 12.6. The number of furan rings is 1. The number of amides is 1. The summed E-state index contributed by atoms with van der Waals surface area (Å²) >= 11 is 0. The second-order valence-electron chi connectivity index (χ2n) is 6.66. The third kappa shape index (κ3) is 4.83. The van der Waals surface area contributed by atoms with Crippen LogP contribution < -0.4 is 19.5 Å². The van der Waals surface area contributed by atoms with Crippen molar-refractivity contribution in [1.82, 2.24) is 5.32 Å². The van der Waals surface area contributed by atoms with Crippen molar-refractivity contribution in [1.29, 1.82) is 0 Å². The molecule has 0 fully saturated rings. The van der Waals surface area contributed by atoms with Crippen LogP contribution in [0.4, 0.5) is 0 Å². The Morgan fingerprint density at radius 3 is 2.55 bits per heavy atom. The maximum absolute atomic E-state index is 12.6. The molecule has 6 heteroatoms. The van der Waals surface area contributed by atoms with Crippen LogP contribution >= 0.6 is 0 Å². The molecule has 1 atom stereocenters. The van der Waals surface area contributed by atoms with Crippen LogP contribution in [0.5, 0.6) is 17.2 Å². The molecular formula is C23H27NO5. The smallest absolute Gasteiger partial charge is 0.225 e. The van der Waals surface area contributed by atoms with Gasteiger partial charge in [0.15, 0.2) is 11.5 Å². The fourth-order valence-corrected chi connectivity index (χ4v) is 3.21. The van der Waals surface area contributed by atoms with Gasteiger partial charge in [0.05, 0.1) is 39.0 Å². The highest BCUT2D eigenvalue weighted by atomic mass is 16.5. The van der Waals surface area contributed by atoms with E-state index >= 15 is 0 Å². The number of rotatable bonds is 9. The van der Waals surface area contributed by atoms with Crippen molar-refractivity contribution >= 4 is 16.9 Å². The first-order chi connectivity index (χ1) is 14.0. The number of carbonyl (C=O) groups excluding carboxylic acids is 1. The summed E-state index contributed by atoms with van der Waals surface area (Å²) in [5.74, 6) is 2.03. The SMILES string of the molecule is CCOc1ccc(C(C)NC(=O)Cc2coc3cc(OC)ccc23)cc1OCC. The van der Waals surface area contributed by atoms with Gasteiger partial charge >= 0.3 is 0 Å². The molecular weight excluding hydrogens is 370 g/mol. The average molecular weight is 397 g/mol. The molecule has 0 saturated heterocycles. The molecule has 1 N–H and O–H groups in total. The molecule has 2 aromatic carbocycles. The van der Waals surface area contributed by atoms with Crippen LogP contribution in [0.2, 0.25) is 0 Å². The number of benzene rings is 2. The van der Waals surface area contributed by atoms with E-state index in [9.17, 15) is 4.79 Å². The van der Waals surface area contributed by atoms with E-state index in [2.05, 4.69) is 5.32 Å². The third-order valence-electron chi connectivity index (χ3n) is 4.66. The third-order valence-corrected chi connectivity index (χ3v) is 4.66. The molecule has 0 aliphatic carbocycles. The second-order valence-corrected chi connectivity index (χ2v) is 6.66. The molecule has 0 saturated carbocycles. The Hall–Kier alpha value is -3.15. The molecule has 1 amide bonds. The van der Waals surface area contributed by atoms with Crippen LogP contribution in [0.1, 0.15) is 37.9 Å². The van der Waals surface area contributed by atoms with E-state index in [4.69, 9.17) is 18.6 Å². The molecule has 1 unspecified atom stereocenters. The Morgan fingerprint density at radius 2 is 1.83 bits per heavy atom. The molecule has 0 radical (unpaired) electrons. The van der Waals surface area contributed by atoms with Crippen LogP contribution in [0.25, 0.3) is 11.0 Å². The lowest BCUT2D eigenvalue weighted by Crippen LogP contribution is -2.28. The van der Waals surface area contributed by atoms with Gasteiger partial charge in [-0.15, -0.1) is 0 Å². The normalized spacial score (nSPS) is 11.9. The zero-order valence-electron chi connectivity index (χ0n) is 17.3. The number of methoxy groups -OCH3 is 1. The Morgan fingerprint density at radius 1 is 1.07 bits per heavy atom. The van der Waals surface area contributed by atoms with Gasteiger partial charge in [0, 0.05) is 17.0 Å². The molecule has 1 heterocycles. The van der Waals surface area contributed by atoms with Crippen molar-refractivity contribution in [2.75, 3.05) is 20.3 Å². The number of carbonyl (C=O) groups is 1. The van der Waals surface area contributed by atoms with Gasteiger partial charge in [-0.1, -0.05) is 6.07 Å². The Labute approximate surface area is 170 Å². The van der Waals surface area contributed by atoms with Crippen LogP contribution in [-0.2, 0) is 11.2 Å². The number of fused-ring (bicyclic) bond motifs is 1. The van der Waals surface area contributed by atoms with E-state index in [1.54, 1.807) is 13.4 Å². The summed E-state index contributed by atoms with van der Waals surface area (Å²) in [7, 11) is 1.61. The number of nitrogens with one attached hydrogen (secondary N) is 1. The Balaban J connectivity index is 1.70. The van der Waals surface area contributed by atoms with Crippen molar-refractivity contribution in [3.05, 3.63) is 53.8 Å². The molecule has 3 rings (SSSR count). The minimum Gasteiger partial charge on any atom is -0.497 e. The molecule has 0 spiro atoms. The summed E-state index contributed by atoms with van der Waals surface area (Å²) in [6.45, 7) is 6.92. The van der Waals surface area contributed by atoms with Gasteiger partial charge in [0.25, 0.3) is 0 Å². The summed E-state index contributed by atoms with van der Waals surface area (Å²) in [5.41, 5.74) is 2.49. The van der Waals surface area contributed by atoms with Crippen LogP contribution in [-0.4, -0.2) is 26.2 Å². The van der Waals surface area contributed by atoms with E-state index in [1.807, 2.05) is 57.2 Å². The van der Waals surface area contributed by atoms with Crippen molar-refractivity contribution in [2.24, 2.45) is 0 Å². The lowest BCUT2D eigenvalue weighted by molar-refractivity contribution is -0.121. The molecule has 0 aliphatic heterocycles. The summed E-state index contributed by atoms with van der Waals surface area (Å²) in [4.78, 5) is 12.6.